The third-order valence-electron chi connectivity index (χ3n) is 4.09. The van der Waals surface area contributed by atoms with Crippen LogP contribution in [0, 0.1) is 0 Å². The van der Waals surface area contributed by atoms with E-state index in [0.717, 1.165) is 42.8 Å². The summed E-state index contributed by atoms with van der Waals surface area (Å²) in [4.78, 5) is 9.30. The average molecular weight is 263 g/mol. The van der Waals surface area contributed by atoms with Gasteiger partial charge in [0.05, 0.1) is 0 Å². The van der Waals surface area contributed by atoms with E-state index in [9.17, 15) is 0 Å². The summed E-state index contributed by atoms with van der Waals surface area (Å²) < 4.78 is 5.86. The van der Waals surface area contributed by atoms with E-state index in [0.29, 0.717) is 6.61 Å². The van der Waals surface area contributed by atoms with Crippen molar-refractivity contribution in [2.75, 3.05) is 6.61 Å². The highest BCUT2D eigenvalue weighted by Gasteiger charge is 2.29. The lowest BCUT2D eigenvalue weighted by Gasteiger charge is -2.27. The number of aryl methyl sites for hydroxylation is 1. The molecule has 0 radical (unpaired) electrons. The van der Waals surface area contributed by atoms with Gasteiger partial charge in [0.2, 0.25) is 0 Å². The Morgan fingerprint density at radius 1 is 1.42 bits per heavy atom. The van der Waals surface area contributed by atoms with E-state index < -0.39 is 0 Å². The minimum atomic E-state index is -0.389. The van der Waals surface area contributed by atoms with Crippen LogP contribution in [-0.2, 0) is 16.8 Å². The molecule has 0 saturated carbocycles. The number of nitrogens with two attached hydrogens (primary N) is 1. The molecule has 19 heavy (non-hydrogen) atoms. The number of rotatable bonds is 4. The van der Waals surface area contributed by atoms with Crippen LogP contribution in [0.15, 0.2) is 6.20 Å². The molecule has 2 N–H and O–H groups in total. The monoisotopic (exact) mass is 263 g/mol. The minimum Gasteiger partial charge on any atom is -0.368 e. The van der Waals surface area contributed by atoms with Crippen molar-refractivity contribution in [3.8, 4) is 0 Å². The Balaban J connectivity index is 2.37. The molecule has 0 bridgehead atoms. The molecule has 0 fully saturated rings. The molecular weight excluding hydrogens is 238 g/mol. The zero-order valence-corrected chi connectivity index (χ0v) is 12.3. The molecule has 1 aromatic rings. The van der Waals surface area contributed by atoms with Crippen LogP contribution in [0.25, 0.3) is 0 Å². The fraction of sp³-hybridized carbons (Fsp3) is 0.733. The highest BCUT2D eigenvalue weighted by molar-refractivity contribution is 5.24. The van der Waals surface area contributed by atoms with Crippen LogP contribution in [0.3, 0.4) is 0 Å². The lowest BCUT2D eigenvalue weighted by molar-refractivity contribution is -0.0392. The molecule has 2 rings (SSSR count). The number of fused-ring (bicyclic) bond motifs is 1. The van der Waals surface area contributed by atoms with E-state index in [1.54, 1.807) is 0 Å². The van der Waals surface area contributed by atoms with Crippen LogP contribution in [0.5, 0.6) is 0 Å². The molecule has 1 heterocycles. The molecule has 2 unspecified atom stereocenters. The van der Waals surface area contributed by atoms with Gasteiger partial charge >= 0.3 is 0 Å². The Hall–Kier alpha value is -1.00. The third-order valence-corrected chi connectivity index (χ3v) is 4.09. The number of hydrogen-bond acceptors (Lipinski definition) is 4. The van der Waals surface area contributed by atoms with Crippen LogP contribution < -0.4 is 5.73 Å². The van der Waals surface area contributed by atoms with E-state index in [1.807, 2.05) is 13.1 Å². The van der Waals surface area contributed by atoms with Gasteiger partial charge in [-0.1, -0.05) is 13.3 Å². The summed E-state index contributed by atoms with van der Waals surface area (Å²) in [5, 5.41) is 0. The van der Waals surface area contributed by atoms with Crippen molar-refractivity contribution in [1.82, 2.24) is 9.97 Å². The van der Waals surface area contributed by atoms with Crippen LogP contribution in [-0.4, -0.2) is 16.6 Å². The average Bonchev–Trinajstić information content (AvgIpc) is 2.60. The Morgan fingerprint density at radius 2 is 2.21 bits per heavy atom. The van der Waals surface area contributed by atoms with Crippen LogP contribution in [0.2, 0.25) is 0 Å². The van der Waals surface area contributed by atoms with Gasteiger partial charge < -0.3 is 10.5 Å². The molecule has 0 spiro atoms. The minimum absolute atomic E-state index is 0.0894. The predicted octanol–water partition coefficient (Wildman–Crippen LogP) is 2.86. The molecule has 0 saturated heterocycles. The second-order valence-corrected chi connectivity index (χ2v) is 5.47. The standard InChI is InChI=1S/C15H25N3O/c1-4-15(3,19-5-2)14-17-10-11-12(16)8-6-7-9-13(11)18-14/h10,12H,4-9,16H2,1-3H3. The second kappa shape index (κ2) is 5.97. The molecule has 4 nitrogen and oxygen atoms in total. The van der Waals surface area contributed by atoms with Crippen LogP contribution >= 0.6 is 0 Å². The maximum Gasteiger partial charge on any atom is 0.160 e. The quantitative estimate of drug-likeness (QED) is 0.848. The molecule has 2 atom stereocenters. The highest BCUT2D eigenvalue weighted by atomic mass is 16.5. The molecule has 0 amide bonds. The topological polar surface area (TPSA) is 61.0 Å². The van der Waals surface area contributed by atoms with Gasteiger partial charge in [-0.25, -0.2) is 9.97 Å². The maximum atomic E-state index is 6.19. The molecule has 106 valence electrons. The molecule has 0 aromatic carbocycles. The van der Waals surface area contributed by atoms with Crippen LogP contribution in [0.4, 0.5) is 0 Å². The Kier molecular flexibility index (Phi) is 4.53. The van der Waals surface area contributed by atoms with Crippen molar-refractivity contribution in [3.05, 3.63) is 23.3 Å². The first-order valence-electron chi connectivity index (χ1n) is 7.36. The van der Waals surface area contributed by atoms with E-state index in [4.69, 9.17) is 15.5 Å². The lowest BCUT2D eigenvalue weighted by Crippen LogP contribution is -2.29. The van der Waals surface area contributed by atoms with E-state index in [2.05, 4.69) is 18.8 Å². The molecular formula is C15H25N3O. The largest absolute Gasteiger partial charge is 0.368 e. The van der Waals surface area contributed by atoms with Crippen molar-refractivity contribution in [3.63, 3.8) is 0 Å². The summed E-state index contributed by atoms with van der Waals surface area (Å²) in [5.74, 6) is 0.796. The molecule has 1 aromatic heterocycles. The fourth-order valence-corrected chi connectivity index (χ4v) is 2.65. The Labute approximate surface area is 115 Å². The van der Waals surface area contributed by atoms with E-state index in [1.165, 1.54) is 6.42 Å². The number of nitrogens with zero attached hydrogens (tertiary/aromatic N) is 2. The molecule has 0 aliphatic heterocycles. The van der Waals surface area contributed by atoms with Crippen molar-refractivity contribution < 1.29 is 4.74 Å². The first kappa shape index (κ1) is 14.4. The van der Waals surface area contributed by atoms with Gasteiger partial charge in [0.15, 0.2) is 5.82 Å². The maximum absolute atomic E-state index is 6.19. The highest BCUT2D eigenvalue weighted by Crippen LogP contribution is 2.30. The Morgan fingerprint density at radius 3 is 2.89 bits per heavy atom. The summed E-state index contributed by atoms with van der Waals surface area (Å²) in [5.41, 5.74) is 8.04. The van der Waals surface area contributed by atoms with E-state index in [-0.39, 0.29) is 11.6 Å². The lowest BCUT2D eigenvalue weighted by atomic mass is 10.0. The zero-order chi connectivity index (χ0) is 13.9. The number of hydrogen-bond donors (Lipinski definition) is 1. The molecule has 1 aliphatic carbocycles. The van der Waals surface area contributed by atoms with Crippen molar-refractivity contribution in [1.29, 1.82) is 0 Å². The van der Waals surface area contributed by atoms with E-state index >= 15 is 0 Å². The first-order valence-corrected chi connectivity index (χ1v) is 7.36. The summed E-state index contributed by atoms with van der Waals surface area (Å²) in [7, 11) is 0. The van der Waals surface area contributed by atoms with Crippen molar-refractivity contribution in [2.24, 2.45) is 5.73 Å². The zero-order valence-electron chi connectivity index (χ0n) is 12.3. The first-order chi connectivity index (χ1) is 9.10. The third kappa shape index (κ3) is 2.95. The predicted molar refractivity (Wildman–Crippen MR) is 75.8 cm³/mol. The summed E-state index contributed by atoms with van der Waals surface area (Å²) in [6.07, 6.45) is 7.15. The fourth-order valence-electron chi connectivity index (χ4n) is 2.65. The number of aromatic nitrogens is 2. The van der Waals surface area contributed by atoms with Gasteiger partial charge in [-0.15, -0.1) is 0 Å². The summed E-state index contributed by atoms with van der Waals surface area (Å²) in [6, 6.07) is 0.0894. The SMILES string of the molecule is CCOC(C)(CC)c1ncc2c(n1)CCCCC2N. The summed E-state index contributed by atoms with van der Waals surface area (Å²) >= 11 is 0. The normalized spacial score (nSPS) is 22.4. The van der Waals surface area contributed by atoms with Gasteiger partial charge in [0, 0.05) is 30.1 Å². The second-order valence-electron chi connectivity index (χ2n) is 5.47. The van der Waals surface area contributed by atoms with Gasteiger partial charge in [-0.05, 0) is 39.5 Å². The summed E-state index contributed by atoms with van der Waals surface area (Å²) in [6.45, 7) is 6.85. The molecule has 1 aliphatic rings. The smallest absolute Gasteiger partial charge is 0.160 e. The van der Waals surface area contributed by atoms with Crippen molar-refractivity contribution >= 4 is 0 Å². The van der Waals surface area contributed by atoms with Gasteiger partial charge in [-0.2, -0.15) is 0 Å². The van der Waals surface area contributed by atoms with Gasteiger partial charge in [0.25, 0.3) is 0 Å². The number of ether oxygens (including phenoxy) is 1. The van der Waals surface area contributed by atoms with Gasteiger partial charge in [-0.3, -0.25) is 0 Å². The van der Waals surface area contributed by atoms with Gasteiger partial charge in [0.1, 0.15) is 5.60 Å². The molecule has 4 heteroatoms. The van der Waals surface area contributed by atoms with Crippen molar-refractivity contribution in [2.45, 2.75) is 64.5 Å². The van der Waals surface area contributed by atoms with Crippen LogP contribution in [0.1, 0.15) is 69.6 Å². The Bertz CT molecular complexity index is 435.